The molecule has 0 saturated heterocycles. The van der Waals surface area contributed by atoms with Crippen molar-refractivity contribution < 1.29 is 4.42 Å². The number of nitrogens with zero attached hydrogens (tertiary/aromatic N) is 2. The van der Waals surface area contributed by atoms with Gasteiger partial charge >= 0.3 is 0 Å². The highest BCUT2D eigenvalue weighted by Gasteiger charge is 2.15. The van der Waals surface area contributed by atoms with E-state index in [4.69, 9.17) is 16.0 Å². The van der Waals surface area contributed by atoms with Gasteiger partial charge in [-0.3, -0.25) is 0 Å². The third-order valence-electron chi connectivity index (χ3n) is 4.23. The quantitative estimate of drug-likeness (QED) is 0.362. The third-order valence-corrected chi connectivity index (χ3v) is 4.40. The lowest BCUT2D eigenvalue weighted by Gasteiger charge is -2.07. The van der Waals surface area contributed by atoms with Crippen molar-refractivity contribution in [3.05, 3.63) is 72.0 Å². The Morgan fingerprint density at radius 2 is 1.46 bits per heavy atom. The molecule has 4 heteroatoms. The van der Waals surface area contributed by atoms with Gasteiger partial charge in [-0.15, -0.1) is 0 Å². The summed E-state index contributed by atoms with van der Waals surface area (Å²) in [6, 6.07) is 21.9. The normalized spacial score (nSPS) is 11.5. The van der Waals surface area contributed by atoms with Gasteiger partial charge in [-0.1, -0.05) is 48.5 Å². The third kappa shape index (κ3) is 1.92. The molecule has 5 aromatic rings. The fourth-order valence-electron chi connectivity index (χ4n) is 3.23. The molecule has 0 atom stereocenters. The van der Waals surface area contributed by atoms with Crippen LogP contribution < -0.4 is 0 Å². The van der Waals surface area contributed by atoms with Crippen LogP contribution in [0.5, 0.6) is 0 Å². The van der Waals surface area contributed by atoms with Crippen LogP contribution in [0, 0.1) is 0 Å². The van der Waals surface area contributed by atoms with Crippen LogP contribution in [0.3, 0.4) is 0 Å². The van der Waals surface area contributed by atoms with Crippen LogP contribution in [0.1, 0.15) is 0 Å². The Morgan fingerprint density at radius 1 is 0.708 bits per heavy atom. The predicted molar refractivity (Wildman–Crippen MR) is 97.3 cm³/mol. The Hall–Kier alpha value is -2.91. The summed E-state index contributed by atoms with van der Waals surface area (Å²) < 4.78 is 5.98. The van der Waals surface area contributed by atoms with E-state index in [9.17, 15) is 0 Å². The van der Waals surface area contributed by atoms with Crippen molar-refractivity contribution in [3.8, 4) is 11.3 Å². The Kier molecular flexibility index (Phi) is 2.84. The molecule has 24 heavy (non-hydrogen) atoms. The Bertz CT molecular complexity index is 1230. The second kappa shape index (κ2) is 5.05. The molecule has 5 rings (SSSR count). The molecule has 0 fully saturated rings. The van der Waals surface area contributed by atoms with Crippen LogP contribution >= 0.6 is 11.6 Å². The first kappa shape index (κ1) is 13.5. The molecule has 0 aliphatic heterocycles. The lowest BCUT2D eigenvalue weighted by atomic mass is 10.0. The number of furan rings is 1. The standard InChI is InChI=1S/C20H11ClN2O/c21-20-22-15-9-3-1-6-12(15)19(23-20)14-8-5-11-17-18(14)13-7-2-4-10-16(13)24-17/h1-11H. The monoisotopic (exact) mass is 330 g/mol. The second-order valence-electron chi connectivity index (χ2n) is 5.64. The van der Waals surface area contributed by atoms with Crippen molar-refractivity contribution in [1.82, 2.24) is 9.97 Å². The van der Waals surface area contributed by atoms with Crippen molar-refractivity contribution >= 4 is 44.4 Å². The molecule has 0 aliphatic carbocycles. The molecule has 0 amide bonds. The topological polar surface area (TPSA) is 38.9 Å². The van der Waals surface area contributed by atoms with Crippen molar-refractivity contribution in [2.75, 3.05) is 0 Å². The molecule has 0 aliphatic rings. The number of fused-ring (bicyclic) bond motifs is 4. The molecule has 2 heterocycles. The van der Waals surface area contributed by atoms with Gasteiger partial charge in [-0.05, 0) is 29.8 Å². The van der Waals surface area contributed by atoms with E-state index in [2.05, 4.69) is 22.1 Å². The van der Waals surface area contributed by atoms with Crippen LogP contribution in [0.2, 0.25) is 5.28 Å². The van der Waals surface area contributed by atoms with E-state index in [0.717, 1.165) is 44.1 Å². The highest BCUT2D eigenvalue weighted by molar-refractivity contribution is 6.29. The minimum atomic E-state index is 0.244. The Morgan fingerprint density at radius 3 is 2.38 bits per heavy atom. The summed E-state index contributed by atoms with van der Waals surface area (Å²) >= 11 is 6.17. The van der Waals surface area contributed by atoms with E-state index in [1.165, 1.54) is 0 Å². The van der Waals surface area contributed by atoms with E-state index < -0.39 is 0 Å². The molecule has 0 unspecified atom stereocenters. The van der Waals surface area contributed by atoms with E-state index >= 15 is 0 Å². The maximum atomic E-state index is 6.17. The first-order valence-electron chi connectivity index (χ1n) is 7.64. The minimum Gasteiger partial charge on any atom is -0.456 e. The first-order chi connectivity index (χ1) is 11.8. The van der Waals surface area contributed by atoms with Crippen molar-refractivity contribution in [2.24, 2.45) is 0 Å². The van der Waals surface area contributed by atoms with Crippen molar-refractivity contribution in [3.63, 3.8) is 0 Å². The number of halogens is 1. The summed E-state index contributed by atoms with van der Waals surface area (Å²) in [6.45, 7) is 0. The molecule has 114 valence electrons. The first-order valence-corrected chi connectivity index (χ1v) is 8.02. The van der Waals surface area contributed by atoms with Gasteiger partial charge in [0.05, 0.1) is 11.2 Å². The van der Waals surface area contributed by atoms with Crippen LogP contribution in [-0.4, -0.2) is 9.97 Å². The molecule has 0 bridgehead atoms. The van der Waals surface area contributed by atoms with Gasteiger partial charge < -0.3 is 4.42 Å². The summed E-state index contributed by atoms with van der Waals surface area (Å²) in [6.07, 6.45) is 0. The van der Waals surface area contributed by atoms with E-state index in [-0.39, 0.29) is 5.28 Å². The number of aromatic nitrogens is 2. The molecule has 2 aromatic heterocycles. The number of benzene rings is 3. The highest BCUT2D eigenvalue weighted by atomic mass is 35.5. The van der Waals surface area contributed by atoms with Gasteiger partial charge in [-0.25, -0.2) is 9.97 Å². The summed E-state index contributed by atoms with van der Waals surface area (Å²) in [5.41, 5.74) is 4.36. The summed E-state index contributed by atoms with van der Waals surface area (Å²) in [7, 11) is 0. The minimum absolute atomic E-state index is 0.244. The summed E-state index contributed by atoms with van der Waals surface area (Å²) in [5, 5.41) is 3.34. The van der Waals surface area contributed by atoms with Gasteiger partial charge in [-0.2, -0.15) is 0 Å². The van der Waals surface area contributed by atoms with Crippen molar-refractivity contribution in [2.45, 2.75) is 0 Å². The SMILES string of the molecule is Clc1nc(-c2cccc3oc4ccccc4c23)c2ccccc2n1. The van der Waals surface area contributed by atoms with Crippen LogP contribution in [0.4, 0.5) is 0 Å². The zero-order valence-corrected chi connectivity index (χ0v) is 13.3. The molecule has 0 saturated carbocycles. The van der Waals surface area contributed by atoms with E-state index in [1.54, 1.807) is 0 Å². The van der Waals surface area contributed by atoms with Crippen LogP contribution in [0.15, 0.2) is 71.1 Å². The highest BCUT2D eigenvalue weighted by Crippen LogP contribution is 2.38. The lowest BCUT2D eigenvalue weighted by Crippen LogP contribution is -1.91. The molecule has 3 nitrogen and oxygen atoms in total. The molecular formula is C20H11ClN2O. The van der Waals surface area contributed by atoms with Gasteiger partial charge in [0, 0.05) is 21.7 Å². The van der Waals surface area contributed by atoms with E-state index in [1.807, 2.05) is 54.6 Å². The number of para-hydroxylation sites is 2. The number of hydrogen-bond donors (Lipinski definition) is 0. The predicted octanol–water partition coefficient (Wildman–Crippen LogP) is 5.85. The molecular weight excluding hydrogens is 320 g/mol. The van der Waals surface area contributed by atoms with Gasteiger partial charge in [0.1, 0.15) is 11.2 Å². The number of hydrogen-bond acceptors (Lipinski definition) is 3. The maximum absolute atomic E-state index is 6.17. The maximum Gasteiger partial charge on any atom is 0.223 e. The zero-order chi connectivity index (χ0) is 16.1. The second-order valence-corrected chi connectivity index (χ2v) is 5.97. The van der Waals surface area contributed by atoms with Gasteiger partial charge in [0.25, 0.3) is 0 Å². The van der Waals surface area contributed by atoms with Crippen LogP contribution in [-0.2, 0) is 0 Å². The lowest BCUT2D eigenvalue weighted by molar-refractivity contribution is 0.669. The average molecular weight is 331 g/mol. The smallest absolute Gasteiger partial charge is 0.223 e. The Balaban J connectivity index is 1.97. The molecule has 3 aromatic carbocycles. The van der Waals surface area contributed by atoms with E-state index in [0.29, 0.717) is 0 Å². The summed E-state index contributed by atoms with van der Waals surface area (Å²) in [4.78, 5) is 8.84. The molecule has 0 radical (unpaired) electrons. The van der Waals surface area contributed by atoms with Crippen molar-refractivity contribution in [1.29, 1.82) is 0 Å². The number of rotatable bonds is 1. The molecule has 0 spiro atoms. The van der Waals surface area contributed by atoms with Gasteiger partial charge in [0.2, 0.25) is 5.28 Å². The van der Waals surface area contributed by atoms with Crippen LogP contribution in [0.25, 0.3) is 44.1 Å². The zero-order valence-electron chi connectivity index (χ0n) is 12.5. The average Bonchev–Trinajstić information content (AvgIpc) is 2.99. The summed E-state index contributed by atoms with van der Waals surface area (Å²) in [5.74, 6) is 0. The largest absolute Gasteiger partial charge is 0.456 e. The Labute approximate surface area is 142 Å². The fraction of sp³-hybridized carbons (Fsp3) is 0. The van der Waals surface area contributed by atoms with Gasteiger partial charge in [0.15, 0.2) is 0 Å². The fourth-order valence-corrected chi connectivity index (χ4v) is 3.40. The molecule has 0 N–H and O–H groups in total.